The fourth-order valence-electron chi connectivity index (χ4n) is 1.84. The van der Waals surface area contributed by atoms with E-state index >= 15 is 0 Å². The van der Waals surface area contributed by atoms with Gasteiger partial charge in [-0.1, -0.05) is 30.1 Å². The Bertz CT molecular complexity index is 697. The Morgan fingerprint density at radius 1 is 1.52 bits per heavy atom. The van der Waals surface area contributed by atoms with Crippen molar-refractivity contribution in [3.05, 3.63) is 31.9 Å². The van der Waals surface area contributed by atoms with E-state index in [0.29, 0.717) is 33.2 Å². The first kappa shape index (κ1) is 16.5. The van der Waals surface area contributed by atoms with Crippen molar-refractivity contribution in [1.82, 2.24) is 10.4 Å². The summed E-state index contributed by atoms with van der Waals surface area (Å²) >= 11 is 14.2. The number of halogens is 3. The maximum absolute atomic E-state index is 11.7. The third-order valence-corrected chi connectivity index (χ3v) is 4.19. The van der Waals surface area contributed by atoms with Gasteiger partial charge in [-0.2, -0.15) is 0 Å². The number of nitrogens with zero attached hydrogens (tertiary/aromatic N) is 1. The Balaban J connectivity index is 2.57. The molecule has 1 aromatic carbocycles. The van der Waals surface area contributed by atoms with Crippen LogP contribution in [0.25, 0.3) is 10.9 Å². The minimum Gasteiger partial charge on any atom is -0.477 e. The van der Waals surface area contributed by atoms with Crippen molar-refractivity contribution < 1.29 is 9.53 Å². The van der Waals surface area contributed by atoms with Crippen LogP contribution in [-0.2, 0) is 4.79 Å². The average molecular weight is 440 g/mol. The number of fused-ring (bicyclic) bond motifs is 1. The molecule has 1 unspecified atom stereocenters. The number of rotatable bonds is 4. The monoisotopic (exact) mass is 439 g/mol. The lowest BCUT2D eigenvalue weighted by molar-refractivity contribution is -0.128. The number of amides is 1. The molecule has 0 aliphatic carbocycles. The molecule has 0 aliphatic rings. The van der Waals surface area contributed by atoms with Crippen molar-refractivity contribution in [2.24, 2.45) is 5.84 Å². The van der Waals surface area contributed by atoms with Gasteiger partial charge in [0.15, 0.2) is 11.9 Å². The molecule has 1 aromatic heterocycles. The van der Waals surface area contributed by atoms with Crippen LogP contribution in [0.1, 0.15) is 13.3 Å². The zero-order valence-corrected chi connectivity index (χ0v) is 14.7. The summed E-state index contributed by atoms with van der Waals surface area (Å²) in [5.74, 6) is 5.22. The smallest absolute Gasteiger partial charge is 0.274 e. The normalized spacial score (nSPS) is 12.2. The van der Waals surface area contributed by atoms with E-state index < -0.39 is 12.0 Å². The highest BCUT2D eigenvalue weighted by molar-refractivity contribution is 14.1. The number of carbonyl (C=O) groups excluding carboxylic acids is 1. The molecule has 21 heavy (non-hydrogen) atoms. The number of nitrogens with two attached hydrogens (primary N) is 1. The summed E-state index contributed by atoms with van der Waals surface area (Å²) in [7, 11) is 0. The minimum absolute atomic E-state index is 0.321. The summed E-state index contributed by atoms with van der Waals surface area (Å²) in [4.78, 5) is 16.0. The summed E-state index contributed by atoms with van der Waals surface area (Å²) in [5.41, 5.74) is 2.60. The summed E-state index contributed by atoms with van der Waals surface area (Å²) in [6.45, 7) is 1.82. The van der Waals surface area contributed by atoms with E-state index in [1.165, 1.54) is 0 Å². The maximum Gasteiger partial charge on any atom is 0.274 e. The first-order chi connectivity index (χ1) is 9.97. The Labute approximate surface area is 145 Å². The second-order valence-corrected chi connectivity index (χ2v) is 6.18. The first-order valence-corrected chi connectivity index (χ1v) is 7.92. The maximum atomic E-state index is 11.7. The van der Waals surface area contributed by atoms with Crippen LogP contribution in [0.4, 0.5) is 0 Å². The van der Waals surface area contributed by atoms with Crippen molar-refractivity contribution in [3.8, 4) is 5.75 Å². The molecule has 2 rings (SSSR count). The second-order valence-electron chi connectivity index (χ2n) is 4.22. The van der Waals surface area contributed by atoms with Crippen LogP contribution < -0.4 is 16.0 Å². The molecule has 1 amide bonds. The van der Waals surface area contributed by atoms with E-state index in [-0.39, 0.29) is 0 Å². The lowest BCUT2D eigenvalue weighted by atomic mass is 10.2. The van der Waals surface area contributed by atoms with Gasteiger partial charge < -0.3 is 4.74 Å². The Hall–Kier alpha value is -0.830. The van der Waals surface area contributed by atoms with Crippen LogP contribution in [0.5, 0.6) is 5.75 Å². The number of carbonyl (C=O) groups is 1. The van der Waals surface area contributed by atoms with Gasteiger partial charge in [-0.15, -0.1) is 0 Å². The zero-order valence-electron chi connectivity index (χ0n) is 11.0. The second kappa shape index (κ2) is 6.95. The van der Waals surface area contributed by atoms with Crippen LogP contribution in [0.15, 0.2) is 18.2 Å². The van der Waals surface area contributed by atoms with E-state index in [1.54, 1.807) is 18.2 Å². The quantitative estimate of drug-likeness (QED) is 0.252. The van der Waals surface area contributed by atoms with Gasteiger partial charge in [0.05, 0.1) is 8.59 Å². The average Bonchev–Trinajstić information content (AvgIpc) is 2.46. The number of ether oxygens (including phenoxy) is 1. The van der Waals surface area contributed by atoms with Crippen LogP contribution in [0.3, 0.4) is 0 Å². The van der Waals surface area contributed by atoms with E-state index in [2.05, 4.69) is 33.0 Å². The standard InChI is InChI=1S/C13H12Cl2IN3O2/c1-2-9(13(20)19-17)21-12-8(16)5-7(14)6-3-4-10(15)18-11(6)12/h3-5,9H,2,17H2,1H3,(H,19,20). The van der Waals surface area contributed by atoms with E-state index in [0.717, 1.165) is 3.57 Å². The van der Waals surface area contributed by atoms with Crippen LogP contribution in [0, 0.1) is 3.57 Å². The largest absolute Gasteiger partial charge is 0.477 e. The molecule has 0 bridgehead atoms. The lowest BCUT2D eigenvalue weighted by Crippen LogP contribution is -2.41. The minimum atomic E-state index is -0.714. The number of hydrogen-bond acceptors (Lipinski definition) is 4. The number of benzene rings is 1. The fraction of sp³-hybridized carbons (Fsp3) is 0.231. The van der Waals surface area contributed by atoms with Crippen molar-refractivity contribution in [3.63, 3.8) is 0 Å². The predicted octanol–water partition coefficient (Wildman–Crippen LogP) is 3.29. The van der Waals surface area contributed by atoms with Gasteiger partial charge in [0, 0.05) is 5.39 Å². The molecular formula is C13H12Cl2IN3O2. The molecule has 0 saturated heterocycles. The van der Waals surface area contributed by atoms with Gasteiger partial charge >= 0.3 is 0 Å². The molecule has 1 heterocycles. The number of nitrogens with one attached hydrogen (secondary N) is 1. The molecule has 1 atom stereocenters. The molecule has 0 saturated carbocycles. The molecule has 5 nitrogen and oxygen atoms in total. The summed E-state index contributed by atoms with van der Waals surface area (Å²) in [5, 5.41) is 1.57. The molecule has 0 spiro atoms. The zero-order chi connectivity index (χ0) is 15.6. The van der Waals surface area contributed by atoms with Gasteiger partial charge in [0.25, 0.3) is 5.91 Å². The number of hydrazine groups is 1. The van der Waals surface area contributed by atoms with E-state index in [9.17, 15) is 4.79 Å². The molecule has 8 heteroatoms. The molecule has 0 fully saturated rings. The van der Waals surface area contributed by atoms with Crippen molar-refractivity contribution in [2.45, 2.75) is 19.4 Å². The molecular weight excluding hydrogens is 428 g/mol. The summed E-state index contributed by atoms with van der Waals surface area (Å²) in [6, 6.07) is 5.17. The molecule has 2 aromatic rings. The van der Waals surface area contributed by atoms with Crippen LogP contribution in [0.2, 0.25) is 10.2 Å². The Kier molecular flexibility index (Phi) is 5.48. The number of hydrogen-bond donors (Lipinski definition) is 2. The van der Waals surface area contributed by atoms with Gasteiger partial charge in [0.2, 0.25) is 0 Å². The highest BCUT2D eigenvalue weighted by atomic mass is 127. The van der Waals surface area contributed by atoms with Crippen molar-refractivity contribution in [1.29, 1.82) is 0 Å². The third kappa shape index (κ3) is 3.50. The Morgan fingerprint density at radius 3 is 2.86 bits per heavy atom. The van der Waals surface area contributed by atoms with Gasteiger partial charge in [-0.05, 0) is 47.2 Å². The lowest BCUT2D eigenvalue weighted by Gasteiger charge is -2.18. The Morgan fingerprint density at radius 2 is 2.24 bits per heavy atom. The first-order valence-electron chi connectivity index (χ1n) is 6.09. The van der Waals surface area contributed by atoms with Gasteiger partial charge in [0.1, 0.15) is 10.7 Å². The topological polar surface area (TPSA) is 77.2 Å². The molecule has 0 aliphatic heterocycles. The van der Waals surface area contributed by atoms with Gasteiger partial charge in [-0.25, -0.2) is 10.8 Å². The van der Waals surface area contributed by atoms with E-state index in [4.69, 9.17) is 33.8 Å². The third-order valence-electron chi connectivity index (χ3n) is 2.87. The summed E-state index contributed by atoms with van der Waals surface area (Å²) in [6.07, 6.45) is -0.252. The number of pyridine rings is 1. The SMILES string of the molecule is CCC(Oc1c(I)cc(Cl)c2ccc(Cl)nc12)C(=O)NN. The highest BCUT2D eigenvalue weighted by Gasteiger charge is 2.21. The van der Waals surface area contributed by atoms with Gasteiger partial charge in [-0.3, -0.25) is 10.2 Å². The van der Waals surface area contributed by atoms with Crippen LogP contribution >= 0.6 is 45.8 Å². The number of aromatic nitrogens is 1. The summed E-state index contributed by atoms with van der Waals surface area (Å²) < 4.78 is 6.53. The van der Waals surface area contributed by atoms with E-state index in [1.807, 2.05) is 6.92 Å². The molecule has 112 valence electrons. The highest BCUT2D eigenvalue weighted by Crippen LogP contribution is 2.36. The fourth-order valence-corrected chi connectivity index (χ4v) is 3.13. The van der Waals surface area contributed by atoms with Crippen molar-refractivity contribution >= 4 is 62.6 Å². The molecule has 3 N–H and O–H groups in total. The molecule has 0 radical (unpaired) electrons. The van der Waals surface area contributed by atoms with Crippen molar-refractivity contribution in [2.75, 3.05) is 0 Å². The van der Waals surface area contributed by atoms with Crippen LogP contribution in [-0.4, -0.2) is 17.0 Å². The predicted molar refractivity (Wildman–Crippen MR) is 91.5 cm³/mol.